The molecule has 27 heavy (non-hydrogen) atoms. The number of carbonyl (C=O) groups is 1. The number of methoxy groups -OCH3 is 1. The third-order valence-electron chi connectivity index (χ3n) is 7.17. The number of phenolic OH excluding ortho intramolecular Hbond substituents is 1. The minimum atomic E-state index is -0.794. The second-order valence-electron chi connectivity index (χ2n) is 8.57. The van der Waals surface area contributed by atoms with E-state index in [0.29, 0.717) is 5.92 Å². The lowest BCUT2D eigenvalue weighted by Gasteiger charge is -2.58. The number of esters is 1. The van der Waals surface area contributed by atoms with Crippen LogP contribution in [0.15, 0.2) is 18.2 Å². The van der Waals surface area contributed by atoms with Gasteiger partial charge in [0.25, 0.3) is 0 Å². The van der Waals surface area contributed by atoms with E-state index in [1.807, 2.05) is 13.0 Å². The first-order chi connectivity index (χ1) is 13.0. The molecule has 6 heteroatoms. The Morgan fingerprint density at radius 3 is 3.00 bits per heavy atom. The largest absolute Gasteiger partial charge is 0.508 e. The van der Waals surface area contributed by atoms with E-state index in [1.165, 1.54) is 7.11 Å². The number of nitrogens with zero attached hydrogens (tertiary/aromatic N) is 1. The Morgan fingerprint density at radius 1 is 1.44 bits per heavy atom. The fourth-order valence-corrected chi connectivity index (χ4v) is 6.27. The van der Waals surface area contributed by atoms with Gasteiger partial charge in [0.05, 0.1) is 13.2 Å². The summed E-state index contributed by atoms with van der Waals surface area (Å²) in [5, 5.41) is 21.5. The van der Waals surface area contributed by atoms with Gasteiger partial charge in [0, 0.05) is 41.6 Å². The standard InChI is InChI=1S/C21H26N2O4/c1-11(24)15-7-12-9-21(20(26)27-2)18-14(5-6-23(10-12)19(15)21)16-8-13(25)3-4-17(16)22-18/h3-4,8,11-12,15,19,22,24-25H,5-7,9-10H2,1-2H3/t11-,12+,15-,19-,21+/m0/s1. The van der Waals surface area contributed by atoms with Gasteiger partial charge in [-0.3, -0.25) is 9.69 Å². The first kappa shape index (κ1) is 17.1. The lowest BCUT2D eigenvalue weighted by molar-refractivity contribution is -0.166. The van der Waals surface area contributed by atoms with E-state index < -0.39 is 11.5 Å². The number of H-pyrrole nitrogens is 1. The molecule has 6 atom stereocenters. The smallest absolute Gasteiger partial charge is 0.319 e. The Balaban J connectivity index is 1.80. The maximum Gasteiger partial charge on any atom is 0.319 e. The number of aromatic hydroxyl groups is 1. The molecule has 2 aromatic rings. The van der Waals surface area contributed by atoms with Crippen LogP contribution < -0.4 is 0 Å². The molecule has 1 unspecified atom stereocenters. The molecule has 144 valence electrons. The highest BCUT2D eigenvalue weighted by atomic mass is 16.5. The van der Waals surface area contributed by atoms with Crippen LogP contribution in [0.5, 0.6) is 5.75 Å². The number of phenols is 1. The Hall–Kier alpha value is -2.05. The fourth-order valence-electron chi connectivity index (χ4n) is 6.27. The van der Waals surface area contributed by atoms with Crippen molar-refractivity contribution in [3.05, 3.63) is 29.5 Å². The molecule has 1 aliphatic carbocycles. The van der Waals surface area contributed by atoms with E-state index in [2.05, 4.69) is 9.88 Å². The molecule has 0 radical (unpaired) electrons. The highest BCUT2D eigenvalue weighted by Gasteiger charge is 2.63. The summed E-state index contributed by atoms with van der Waals surface area (Å²) in [6.45, 7) is 3.66. The summed E-state index contributed by atoms with van der Waals surface area (Å²) < 4.78 is 5.36. The van der Waals surface area contributed by atoms with E-state index in [0.717, 1.165) is 54.5 Å². The average molecular weight is 370 g/mol. The molecular weight excluding hydrogens is 344 g/mol. The van der Waals surface area contributed by atoms with Gasteiger partial charge in [0.15, 0.2) is 0 Å². The molecule has 2 saturated heterocycles. The van der Waals surface area contributed by atoms with Crippen molar-refractivity contribution in [3.63, 3.8) is 0 Å². The Morgan fingerprint density at radius 2 is 2.26 bits per heavy atom. The molecule has 0 spiro atoms. The number of carbonyl (C=O) groups excluding carboxylic acids is 1. The molecule has 1 aromatic carbocycles. The Labute approximate surface area is 158 Å². The van der Waals surface area contributed by atoms with Crippen molar-refractivity contribution in [1.82, 2.24) is 9.88 Å². The van der Waals surface area contributed by atoms with Crippen LogP contribution >= 0.6 is 0 Å². The molecular formula is C21H26N2O4. The average Bonchev–Trinajstić information content (AvgIpc) is 2.98. The molecule has 1 aromatic heterocycles. The van der Waals surface area contributed by atoms with E-state index in [1.54, 1.807) is 12.1 Å². The predicted molar refractivity (Wildman–Crippen MR) is 101 cm³/mol. The number of piperidine rings is 2. The van der Waals surface area contributed by atoms with Crippen molar-refractivity contribution in [2.75, 3.05) is 20.2 Å². The van der Waals surface area contributed by atoms with Crippen molar-refractivity contribution >= 4 is 16.9 Å². The summed E-state index contributed by atoms with van der Waals surface area (Å²) in [4.78, 5) is 19.2. The van der Waals surface area contributed by atoms with Crippen LogP contribution in [0.25, 0.3) is 10.9 Å². The maximum atomic E-state index is 13.3. The number of aliphatic hydroxyl groups excluding tert-OH is 1. The molecule has 4 bridgehead atoms. The molecule has 6 rings (SSSR count). The molecule has 1 saturated carbocycles. The lowest BCUT2D eigenvalue weighted by Crippen LogP contribution is -2.68. The number of nitrogens with one attached hydrogen (secondary N) is 1. The number of hydrogen-bond acceptors (Lipinski definition) is 5. The molecule has 0 amide bonds. The van der Waals surface area contributed by atoms with Crippen molar-refractivity contribution in [2.24, 2.45) is 11.8 Å². The number of aliphatic hydroxyl groups is 1. The zero-order valence-corrected chi connectivity index (χ0v) is 15.7. The molecule has 4 aliphatic rings. The number of benzene rings is 1. The van der Waals surface area contributed by atoms with E-state index in [-0.39, 0.29) is 23.7 Å². The van der Waals surface area contributed by atoms with Gasteiger partial charge in [-0.05, 0) is 55.9 Å². The Bertz CT molecular complexity index is 920. The lowest BCUT2D eigenvalue weighted by atomic mass is 9.56. The Kier molecular flexibility index (Phi) is 3.62. The summed E-state index contributed by atoms with van der Waals surface area (Å²) in [7, 11) is 1.46. The van der Waals surface area contributed by atoms with E-state index >= 15 is 0 Å². The second kappa shape index (κ2) is 5.72. The van der Waals surface area contributed by atoms with E-state index in [4.69, 9.17) is 4.74 Å². The minimum Gasteiger partial charge on any atom is -0.508 e. The maximum absolute atomic E-state index is 13.3. The van der Waals surface area contributed by atoms with Gasteiger partial charge in [-0.2, -0.15) is 0 Å². The number of hydrogen-bond donors (Lipinski definition) is 3. The molecule has 3 fully saturated rings. The van der Waals surface area contributed by atoms with Crippen molar-refractivity contribution < 1.29 is 19.7 Å². The quantitative estimate of drug-likeness (QED) is 0.704. The minimum absolute atomic E-state index is 0.0439. The number of ether oxygens (including phenoxy) is 1. The van der Waals surface area contributed by atoms with E-state index in [9.17, 15) is 15.0 Å². The van der Waals surface area contributed by atoms with Crippen LogP contribution in [0.2, 0.25) is 0 Å². The summed E-state index contributed by atoms with van der Waals surface area (Å²) in [5.41, 5.74) is 2.17. The fraction of sp³-hybridized carbons (Fsp3) is 0.571. The zero-order chi connectivity index (χ0) is 18.9. The van der Waals surface area contributed by atoms with Gasteiger partial charge in [0.1, 0.15) is 11.2 Å². The second-order valence-corrected chi connectivity index (χ2v) is 8.57. The first-order valence-electron chi connectivity index (χ1n) is 9.80. The topological polar surface area (TPSA) is 85.8 Å². The van der Waals surface area contributed by atoms with Gasteiger partial charge in [-0.1, -0.05) is 0 Å². The number of aromatic nitrogens is 1. The summed E-state index contributed by atoms with van der Waals surface area (Å²) in [6, 6.07) is 5.25. The van der Waals surface area contributed by atoms with Crippen LogP contribution in [0.1, 0.15) is 31.0 Å². The summed E-state index contributed by atoms with van der Waals surface area (Å²) in [6.07, 6.45) is 2.04. The third kappa shape index (κ3) is 2.17. The van der Waals surface area contributed by atoms with Crippen LogP contribution in [0.3, 0.4) is 0 Å². The van der Waals surface area contributed by atoms with Crippen molar-refractivity contribution in [2.45, 2.75) is 43.7 Å². The third-order valence-corrected chi connectivity index (χ3v) is 7.17. The SMILES string of the molecule is COC(=O)[C@@]12C[C@H]3C[C@@H]([C@H](C)O)[C@@H]1N(CCc1c2[nH]c2ccc(O)cc12)C3. The van der Waals surface area contributed by atoms with Gasteiger partial charge in [0.2, 0.25) is 0 Å². The van der Waals surface area contributed by atoms with Crippen LogP contribution in [0, 0.1) is 11.8 Å². The monoisotopic (exact) mass is 370 g/mol. The van der Waals surface area contributed by atoms with Crippen molar-refractivity contribution in [1.29, 1.82) is 0 Å². The van der Waals surface area contributed by atoms with Crippen LogP contribution in [-0.4, -0.2) is 58.4 Å². The van der Waals surface area contributed by atoms with Gasteiger partial charge in [-0.15, -0.1) is 0 Å². The first-order valence-corrected chi connectivity index (χ1v) is 9.80. The molecule has 6 nitrogen and oxygen atoms in total. The highest BCUT2D eigenvalue weighted by Crippen LogP contribution is 2.55. The predicted octanol–water partition coefficient (Wildman–Crippen LogP) is 1.93. The summed E-state index contributed by atoms with van der Waals surface area (Å²) in [5.74, 6) is 0.417. The normalized spacial score (nSPS) is 35.5. The summed E-state index contributed by atoms with van der Waals surface area (Å²) >= 11 is 0. The highest BCUT2D eigenvalue weighted by molar-refractivity contribution is 5.92. The van der Waals surface area contributed by atoms with Crippen LogP contribution in [0.4, 0.5) is 0 Å². The number of rotatable bonds is 2. The number of aromatic amines is 1. The molecule has 3 N–H and O–H groups in total. The van der Waals surface area contributed by atoms with Crippen molar-refractivity contribution in [3.8, 4) is 5.75 Å². The van der Waals surface area contributed by atoms with Gasteiger partial charge >= 0.3 is 5.97 Å². The van der Waals surface area contributed by atoms with Gasteiger partial charge < -0.3 is 19.9 Å². The van der Waals surface area contributed by atoms with Gasteiger partial charge in [-0.25, -0.2) is 0 Å². The zero-order valence-electron chi connectivity index (χ0n) is 15.7. The molecule has 3 aliphatic heterocycles. The van der Waals surface area contributed by atoms with Crippen LogP contribution in [-0.2, 0) is 21.4 Å². The number of fused-ring (bicyclic) bond motifs is 4. The molecule has 4 heterocycles.